The molecule has 3 fully saturated rings. The molecule has 6 rings (SSSR count). The van der Waals surface area contributed by atoms with Crippen molar-refractivity contribution >= 4 is 16.7 Å². The van der Waals surface area contributed by atoms with Crippen molar-refractivity contribution in [2.75, 3.05) is 26.2 Å². The van der Waals surface area contributed by atoms with Crippen molar-refractivity contribution in [3.63, 3.8) is 0 Å². The monoisotopic (exact) mass is 527 g/mol. The fourth-order valence-corrected chi connectivity index (χ4v) is 8.06. The molecule has 3 aliphatic rings. The van der Waals surface area contributed by atoms with Crippen LogP contribution in [0.15, 0.2) is 66.7 Å². The van der Waals surface area contributed by atoms with Gasteiger partial charge in [0.2, 0.25) is 0 Å². The zero-order valence-electron chi connectivity index (χ0n) is 23.4. The van der Waals surface area contributed by atoms with Crippen LogP contribution in [0.1, 0.15) is 68.3 Å². The van der Waals surface area contributed by atoms with Crippen LogP contribution in [0.3, 0.4) is 0 Å². The molecule has 0 bridgehead atoms. The largest absolute Gasteiger partial charge is 0.508 e. The fourth-order valence-electron chi connectivity index (χ4n) is 8.06. The lowest BCUT2D eigenvalue weighted by Gasteiger charge is -2.61. The predicted molar refractivity (Wildman–Crippen MR) is 156 cm³/mol. The lowest BCUT2D eigenvalue weighted by atomic mass is 9.54. The maximum absolute atomic E-state index is 13.4. The van der Waals surface area contributed by atoms with Crippen LogP contribution < -0.4 is 5.32 Å². The molecule has 3 N–H and O–H groups in total. The van der Waals surface area contributed by atoms with Gasteiger partial charge >= 0.3 is 0 Å². The standard InChI is InChI=1S/C34H42N2O3/c1-24(2)21-36(22-25-10-11-25)17-16-33(29-8-5-9-31(37)19-29)20-30(14-15-34(33,39)23-36)35-32(38)28-13-12-26-6-3-4-7-27(26)18-28/h3-9,12-13,18-19,24-25,30,39H,10-11,14-17,20-23H2,1-2H3,(H-,35,37,38)/p+1/t30-,33+,34?,36-/m0/s1. The van der Waals surface area contributed by atoms with E-state index < -0.39 is 11.0 Å². The number of nitrogens with zero attached hydrogens (tertiary/aromatic N) is 1. The average Bonchev–Trinajstić information content (AvgIpc) is 3.72. The third kappa shape index (κ3) is 5.07. The van der Waals surface area contributed by atoms with Crippen LogP contribution in [0.2, 0.25) is 0 Å². The van der Waals surface area contributed by atoms with Gasteiger partial charge in [-0.1, -0.05) is 56.3 Å². The Labute approximate surface area is 232 Å². The molecule has 1 amide bonds. The molecule has 2 saturated carbocycles. The topological polar surface area (TPSA) is 69.6 Å². The zero-order chi connectivity index (χ0) is 27.3. The van der Waals surface area contributed by atoms with Crippen molar-refractivity contribution in [1.29, 1.82) is 0 Å². The van der Waals surface area contributed by atoms with Crippen molar-refractivity contribution in [3.8, 4) is 5.75 Å². The maximum atomic E-state index is 13.4. The number of benzene rings is 3. The van der Waals surface area contributed by atoms with Gasteiger partial charge in [0.1, 0.15) is 17.9 Å². The molecule has 3 aromatic carbocycles. The molecule has 4 atom stereocenters. The van der Waals surface area contributed by atoms with Crippen molar-refractivity contribution in [2.45, 2.75) is 69.4 Å². The number of rotatable bonds is 7. The summed E-state index contributed by atoms with van der Waals surface area (Å²) in [5.74, 6) is 1.53. The minimum absolute atomic E-state index is 0.0416. The number of fused-ring (bicyclic) bond motifs is 2. The van der Waals surface area contributed by atoms with Crippen LogP contribution in [0.4, 0.5) is 0 Å². The van der Waals surface area contributed by atoms with Crippen LogP contribution in [-0.2, 0) is 5.41 Å². The summed E-state index contributed by atoms with van der Waals surface area (Å²) in [6.45, 7) is 8.64. The number of likely N-dealkylation sites (tertiary alicyclic amines) is 1. The molecular weight excluding hydrogens is 484 g/mol. The van der Waals surface area contributed by atoms with Crippen molar-refractivity contribution < 1.29 is 19.5 Å². The van der Waals surface area contributed by atoms with E-state index in [9.17, 15) is 15.0 Å². The third-order valence-corrected chi connectivity index (χ3v) is 9.84. The third-order valence-electron chi connectivity index (χ3n) is 9.84. The Bertz CT molecular complexity index is 1360. The maximum Gasteiger partial charge on any atom is 0.251 e. The molecule has 39 heavy (non-hydrogen) atoms. The summed E-state index contributed by atoms with van der Waals surface area (Å²) in [7, 11) is 0. The lowest BCUT2D eigenvalue weighted by Crippen LogP contribution is -2.73. The van der Waals surface area contributed by atoms with E-state index in [1.54, 1.807) is 6.07 Å². The number of phenolic OH excluding ortho intramolecular Hbond substituents is 1. The van der Waals surface area contributed by atoms with Gasteiger partial charge in [0, 0.05) is 35.3 Å². The summed E-state index contributed by atoms with van der Waals surface area (Å²) in [5.41, 5.74) is 0.283. The number of phenols is 1. The van der Waals surface area contributed by atoms with Crippen LogP contribution in [-0.4, -0.2) is 58.4 Å². The average molecular weight is 528 g/mol. The number of nitrogens with one attached hydrogen (secondary N) is 1. The Morgan fingerprint density at radius 2 is 1.79 bits per heavy atom. The van der Waals surface area contributed by atoms with Crippen molar-refractivity contribution in [1.82, 2.24) is 5.32 Å². The molecule has 206 valence electrons. The smallest absolute Gasteiger partial charge is 0.251 e. The Morgan fingerprint density at radius 3 is 2.54 bits per heavy atom. The van der Waals surface area contributed by atoms with Crippen LogP contribution >= 0.6 is 0 Å². The summed E-state index contributed by atoms with van der Waals surface area (Å²) in [4.78, 5) is 13.4. The summed E-state index contributed by atoms with van der Waals surface area (Å²) >= 11 is 0. The summed E-state index contributed by atoms with van der Waals surface area (Å²) < 4.78 is 0.994. The molecule has 0 aromatic heterocycles. The Morgan fingerprint density at radius 1 is 1.00 bits per heavy atom. The molecule has 2 aliphatic carbocycles. The molecule has 1 aliphatic heterocycles. The summed E-state index contributed by atoms with van der Waals surface area (Å²) in [6.07, 6.45) is 5.57. The number of carbonyl (C=O) groups excluding carboxylic acids is 1. The molecule has 5 nitrogen and oxygen atoms in total. The van der Waals surface area contributed by atoms with Crippen LogP contribution in [0.25, 0.3) is 10.8 Å². The van der Waals surface area contributed by atoms with Gasteiger partial charge in [-0.05, 0) is 72.7 Å². The van der Waals surface area contributed by atoms with Gasteiger partial charge in [-0.3, -0.25) is 4.79 Å². The number of hydrogen-bond acceptors (Lipinski definition) is 3. The van der Waals surface area contributed by atoms with Gasteiger partial charge in [0.25, 0.3) is 5.91 Å². The molecular formula is C34H43N2O3+. The van der Waals surface area contributed by atoms with E-state index >= 15 is 0 Å². The van der Waals surface area contributed by atoms with Gasteiger partial charge < -0.3 is 20.0 Å². The second kappa shape index (κ2) is 9.94. The second-order valence-electron chi connectivity index (χ2n) is 13.3. The molecule has 0 spiro atoms. The molecule has 1 saturated heterocycles. The van der Waals surface area contributed by atoms with E-state index in [-0.39, 0.29) is 17.7 Å². The summed E-state index contributed by atoms with van der Waals surface area (Å²) in [6, 6.07) is 21.4. The number of quaternary nitrogens is 1. The number of piperidine rings is 1. The minimum atomic E-state index is -0.882. The highest BCUT2D eigenvalue weighted by molar-refractivity contribution is 5.98. The first kappa shape index (κ1) is 26.3. The molecule has 3 aromatic rings. The van der Waals surface area contributed by atoms with E-state index in [1.165, 1.54) is 19.4 Å². The second-order valence-corrected chi connectivity index (χ2v) is 13.3. The zero-order valence-corrected chi connectivity index (χ0v) is 23.4. The Balaban J connectivity index is 1.30. The molecule has 1 heterocycles. The Hall–Kier alpha value is -2.89. The van der Waals surface area contributed by atoms with Gasteiger partial charge in [-0.15, -0.1) is 0 Å². The highest BCUT2D eigenvalue weighted by Crippen LogP contribution is 2.54. The first-order valence-electron chi connectivity index (χ1n) is 14.9. The van der Waals surface area contributed by atoms with E-state index in [4.69, 9.17) is 0 Å². The highest BCUT2D eigenvalue weighted by Gasteiger charge is 2.62. The van der Waals surface area contributed by atoms with E-state index in [0.717, 1.165) is 59.2 Å². The van der Waals surface area contributed by atoms with Crippen molar-refractivity contribution in [3.05, 3.63) is 77.9 Å². The van der Waals surface area contributed by atoms with Crippen molar-refractivity contribution in [2.24, 2.45) is 11.8 Å². The van der Waals surface area contributed by atoms with Crippen LogP contribution in [0, 0.1) is 11.8 Å². The number of aliphatic hydroxyl groups is 1. The summed E-state index contributed by atoms with van der Waals surface area (Å²) in [5, 5.41) is 28.6. The predicted octanol–water partition coefficient (Wildman–Crippen LogP) is 5.78. The van der Waals surface area contributed by atoms with E-state index in [0.29, 0.717) is 24.3 Å². The van der Waals surface area contributed by atoms with Gasteiger partial charge in [0.15, 0.2) is 0 Å². The number of aromatic hydroxyl groups is 1. The number of carbonyl (C=O) groups is 1. The van der Waals surface area contributed by atoms with Gasteiger partial charge in [-0.2, -0.15) is 0 Å². The first-order chi connectivity index (χ1) is 18.7. The normalized spacial score (nSPS) is 30.7. The van der Waals surface area contributed by atoms with Gasteiger partial charge in [-0.25, -0.2) is 0 Å². The van der Waals surface area contributed by atoms with Gasteiger partial charge in [0.05, 0.1) is 19.6 Å². The molecule has 5 heteroatoms. The molecule has 1 unspecified atom stereocenters. The van der Waals surface area contributed by atoms with E-state index in [1.807, 2.05) is 48.5 Å². The molecule has 0 radical (unpaired) electrons. The SMILES string of the molecule is CC(C)C[N@+]1(CC2CC2)CC[C@]2(c3cccc(O)c3)C[C@@H](NC(=O)c3ccc4ccccc4c3)CCC2(O)C1. The quantitative estimate of drug-likeness (QED) is 0.341. The highest BCUT2D eigenvalue weighted by atomic mass is 16.3. The van der Waals surface area contributed by atoms with Crippen LogP contribution in [0.5, 0.6) is 5.75 Å². The first-order valence-corrected chi connectivity index (χ1v) is 14.9. The van der Waals surface area contributed by atoms with E-state index in [2.05, 4.69) is 31.3 Å². The lowest BCUT2D eigenvalue weighted by molar-refractivity contribution is -0.945. The fraction of sp³-hybridized carbons (Fsp3) is 0.500. The number of hydrogen-bond donors (Lipinski definition) is 3. The number of amides is 1. The Kier molecular flexibility index (Phi) is 6.71. The minimum Gasteiger partial charge on any atom is -0.508 e.